The van der Waals surface area contributed by atoms with Crippen molar-refractivity contribution in [2.45, 2.75) is 26.3 Å². The van der Waals surface area contributed by atoms with Gasteiger partial charge in [-0.3, -0.25) is 5.43 Å². The van der Waals surface area contributed by atoms with Crippen LogP contribution in [0.25, 0.3) is 0 Å². The summed E-state index contributed by atoms with van der Waals surface area (Å²) in [4.78, 5) is 2.34. The minimum absolute atomic E-state index is 0.233. The molecule has 1 aliphatic rings. The average Bonchev–Trinajstić information content (AvgIpc) is 2.09. The van der Waals surface area contributed by atoms with Gasteiger partial charge in [0.15, 0.2) is 5.11 Å². The fourth-order valence-corrected chi connectivity index (χ4v) is 1.71. The summed E-state index contributed by atoms with van der Waals surface area (Å²) in [5.74, 6) is 0.470. The highest BCUT2D eigenvalue weighted by Crippen LogP contribution is 2.17. The molecule has 3 N–H and O–H groups in total. The average molecular weight is 214 g/mol. The van der Waals surface area contributed by atoms with E-state index in [1.807, 2.05) is 0 Å². The first-order valence-corrected chi connectivity index (χ1v) is 5.23. The van der Waals surface area contributed by atoms with Crippen LogP contribution < -0.4 is 11.2 Å². The van der Waals surface area contributed by atoms with Crippen molar-refractivity contribution in [1.29, 1.82) is 0 Å². The van der Waals surface area contributed by atoms with Gasteiger partial charge in [0.25, 0.3) is 0 Å². The third-order valence-electron chi connectivity index (χ3n) is 2.70. The fourth-order valence-electron chi connectivity index (χ4n) is 1.66. The quantitative estimate of drug-likeness (QED) is 0.494. The number of hydrazone groups is 1. The van der Waals surface area contributed by atoms with Gasteiger partial charge in [0, 0.05) is 30.6 Å². The normalized spacial score (nSPS) is 31.8. The number of nitrogens with one attached hydrogen (secondary N) is 1. The second-order valence-corrected chi connectivity index (χ2v) is 4.41. The van der Waals surface area contributed by atoms with Crippen LogP contribution in [0.4, 0.5) is 0 Å². The molecule has 1 fully saturated rings. The van der Waals surface area contributed by atoms with E-state index in [0.717, 1.165) is 18.7 Å². The third-order valence-corrected chi connectivity index (χ3v) is 2.79. The Balaban J connectivity index is 2.60. The Morgan fingerprint density at radius 1 is 1.64 bits per heavy atom. The van der Waals surface area contributed by atoms with Crippen LogP contribution in [-0.2, 0) is 0 Å². The molecule has 0 spiro atoms. The van der Waals surface area contributed by atoms with Crippen LogP contribution in [0.3, 0.4) is 0 Å². The Labute approximate surface area is 90.5 Å². The van der Waals surface area contributed by atoms with Gasteiger partial charge < -0.3 is 10.6 Å². The molecule has 0 saturated carbocycles. The number of hydrogen-bond acceptors (Lipinski definition) is 3. The van der Waals surface area contributed by atoms with Crippen LogP contribution in [0, 0.1) is 5.92 Å². The Bertz CT molecular complexity index is 251. The number of nitrogens with two attached hydrogens (primary N) is 1. The molecule has 5 heteroatoms. The van der Waals surface area contributed by atoms with Crippen LogP contribution >= 0.6 is 12.2 Å². The van der Waals surface area contributed by atoms with E-state index < -0.39 is 0 Å². The fraction of sp³-hybridized carbons (Fsp3) is 0.778. The number of thiocarbonyl (C=S) groups is 1. The van der Waals surface area contributed by atoms with E-state index in [1.54, 1.807) is 0 Å². The lowest BCUT2D eigenvalue weighted by molar-refractivity contribution is 0.225. The Morgan fingerprint density at radius 2 is 2.29 bits per heavy atom. The lowest BCUT2D eigenvalue weighted by Gasteiger charge is -2.34. The number of hydrogen-bond donors (Lipinski definition) is 2. The largest absolute Gasteiger partial charge is 0.375 e. The second-order valence-electron chi connectivity index (χ2n) is 3.97. The van der Waals surface area contributed by atoms with E-state index in [4.69, 9.17) is 18.0 Å². The minimum atomic E-state index is 0.233. The summed E-state index contributed by atoms with van der Waals surface area (Å²) in [6, 6.07) is 0.540. The Hall–Kier alpha value is -0.680. The molecule has 1 aliphatic heterocycles. The highest BCUT2D eigenvalue weighted by Gasteiger charge is 2.25. The van der Waals surface area contributed by atoms with E-state index in [-0.39, 0.29) is 5.11 Å². The summed E-state index contributed by atoms with van der Waals surface area (Å²) in [6.07, 6.45) is 0.979. The van der Waals surface area contributed by atoms with Crippen LogP contribution in [0.15, 0.2) is 5.10 Å². The first kappa shape index (κ1) is 11.4. The van der Waals surface area contributed by atoms with Crippen molar-refractivity contribution in [3.63, 3.8) is 0 Å². The molecule has 0 radical (unpaired) electrons. The molecule has 1 saturated heterocycles. The van der Waals surface area contributed by atoms with Crippen molar-refractivity contribution in [1.82, 2.24) is 10.3 Å². The molecular weight excluding hydrogens is 196 g/mol. The lowest BCUT2D eigenvalue weighted by Crippen LogP contribution is -2.44. The summed E-state index contributed by atoms with van der Waals surface area (Å²) < 4.78 is 0. The molecular formula is C9H18N4S. The summed E-state index contributed by atoms with van der Waals surface area (Å²) >= 11 is 4.70. The number of likely N-dealkylation sites (tertiary alicyclic amines) is 1. The lowest BCUT2D eigenvalue weighted by atomic mass is 9.93. The molecule has 0 aromatic rings. The number of rotatable bonds is 1. The SMILES string of the molecule is CC1CN(C)C(C)C/C1=N\NC(N)=S. The predicted molar refractivity (Wildman–Crippen MR) is 63.2 cm³/mol. The van der Waals surface area contributed by atoms with Gasteiger partial charge in [0.1, 0.15) is 0 Å². The maximum atomic E-state index is 5.32. The topological polar surface area (TPSA) is 53.6 Å². The molecule has 1 heterocycles. The molecule has 14 heavy (non-hydrogen) atoms. The summed E-state index contributed by atoms with van der Waals surface area (Å²) in [5, 5.41) is 4.46. The number of piperidine rings is 1. The summed E-state index contributed by atoms with van der Waals surface area (Å²) in [7, 11) is 2.14. The van der Waals surface area contributed by atoms with E-state index in [1.165, 1.54) is 0 Å². The van der Waals surface area contributed by atoms with E-state index >= 15 is 0 Å². The number of nitrogens with zero attached hydrogens (tertiary/aromatic N) is 2. The first-order valence-electron chi connectivity index (χ1n) is 4.83. The van der Waals surface area contributed by atoms with Crippen LogP contribution in [0.1, 0.15) is 20.3 Å². The zero-order valence-electron chi connectivity index (χ0n) is 8.95. The molecule has 0 amide bonds. The second kappa shape index (κ2) is 4.70. The zero-order valence-corrected chi connectivity index (χ0v) is 9.77. The molecule has 0 bridgehead atoms. The van der Waals surface area contributed by atoms with Gasteiger partial charge in [-0.2, -0.15) is 5.10 Å². The van der Waals surface area contributed by atoms with E-state index in [2.05, 4.69) is 36.3 Å². The monoisotopic (exact) mass is 214 g/mol. The molecule has 4 nitrogen and oxygen atoms in total. The van der Waals surface area contributed by atoms with Crippen LogP contribution in [0.5, 0.6) is 0 Å². The molecule has 80 valence electrons. The molecule has 2 atom stereocenters. The third kappa shape index (κ3) is 2.92. The van der Waals surface area contributed by atoms with Crippen molar-refractivity contribution in [2.75, 3.05) is 13.6 Å². The highest BCUT2D eigenvalue weighted by molar-refractivity contribution is 7.80. The van der Waals surface area contributed by atoms with Gasteiger partial charge in [-0.1, -0.05) is 6.92 Å². The molecule has 0 aliphatic carbocycles. The van der Waals surface area contributed by atoms with E-state index in [9.17, 15) is 0 Å². The van der Waals surface area contributed by atoms with Gasteiger partial charge in [-0.15, -0.1) is 0 Å². The predicted octanol–water partition coefficient (Wildman–Crippen LogP) is 0.536. The van der Waals surface area contributed by atoms with Crippen molar-refractivity contribution in [3.8, 4) is 0 Å². The molecule has 0 aromatic heterocycles. The van der Waals surface area contributed by atoms with Crippen LogP contribution in [-0.4, -0.2) is 35.4 Å². The Kier molecular flexibility index (Phi) is 3.83. The standard InChI is InChI=1S/C9H18N4S/c1-6-5-13(3)7(2)4-8(6)11-12-9(10)14/h6-7H,4-5H2,1-3H3,(H3,10,12,14)/b11-8+. The van der Waals surface area contributed by atoms with Crippen molar-refractivity contribution >= 4 is 23.0 Å². The van der Waals surface area contributed by atoms with Crippen molar-refractivity contribution in [3.05, 3.63) is 0 Å². The molecule has 2 unspecified atom stereocenters. The van der Waals surface area contributed by atoms with Gasteiger partial charge in [0.2, 0.25) is 0 Å². The maximum Gasteiger partial charge on any atom is 0.184 e. The van der Waals surface area contributed by atoms with Gasteiger partial charge in [0.05, 0.1) is 0 Å². The van der Waals surface area contributed by atoms with Gasteiger partial charge in [-0.05, 0) is 26.2 Å². The van der Waals surface area contributed by atoms with Gasteiger partial charge in [-0.25, -0.2) is 0 Å². The first-order chi connectivity index (χ1) is 6.50. The van der Waals surface area contributed by atoms with Crippen LogP contribution in [0.2, 0.25) is 0 Å². The van der Waals surface area contributed by atoms with Gasteiger partial charge >= 0.3 is 0 Å². The smallest absolute Gasteiger partial charge is 0.184 e. The van der Waals surface area contributed by atoms with Crippen molar-refractivity contribution in [2.24, 2.45) is 16.8 Å². The Morgan fingerprint density at radius 3 is 2.86 bits per heavy atom. The zero-order chi connectivity index (χ0) is 10.7. The summed E-state index contributed by atoms with van der Waals surface area (Å²) in [5.41, 5.74) is 9.14. The maximum absolute atomic E-state index is 5.32. The summed E-state index contributed by atoms with van der Waals surface area (Å²) in [6.45, 7) is 5.41. The minimum Gasteiger partial charge on any atom is -0.375 e. The molecule has 1 rings (SSSR count). The highest BCUT2D eigenvalue weighted by atomic mass is 32.1. The molecule has 0 aromatic carbocycles. The van der Waals surface area contributed by atoms with E-state index in [0.29, 0.717) is 12.0 Å². The van der Waals surface area contributed by atoms with Crippen molar-refractivity contribution < 1.29 is 0 Å².